The van der Waals surface area contributed by atoms with E-state index in [-0.39, 0.29) is 0 Å². The van der Waals surface area contributed by atoms with E-state index in [0.29, 0.717) is 11.5 Å². The van der Waals surface area contributed by atoms with Gasteiger partial charge in [0.05, 0.1) is 11.6 Å². The molecule has 124 valence electrons. The summed E-state index contributed by atoms with van der Waals surface area (Å²) in [6.45, 7) is 6.10. The van der Waals surface area contributed by atoms with Crippen molar-refractivity contribution in [2.75, 3.05) is 10.6 Å². The highest BCUT2D eigenvalue weighted by Crippen LogP contribution is 2.23. The van der Waals surface area contributed by atoms with E-state index >= 15 is 0 Å². The summed E-state index contributed by atoms with van der Waals surface area (Å²) in [5.41, 5.74) is 5.77. The predicted octanol–water partition coefficient (Wildman–Crippen LogP) is 4.76. The molecule has 3 aromatic rings. The fraction of sp³-hybridized carbons (Fsp3) is 0.150. The van der Waals surface area contributed by atoms with Crippen LogP contribution in [0.4, 0.5) is 23.1 Å². The minimum atomic E-state index is 0.512. The summed E-state index contributed by atoms with van der Waals surface area (Å²) >= 11 is 0. The summed E-state index contributed by atoms with van der Waals surface area (Å²) < 4.78 is 0. The minimum absolute atomic E-state index is 0.512. The highest BCUT2D eigenvalue weighted by Gasteiger charge is 2.06. The lowest BCUT2D eigenvalue weighted by molar-refractivity contribution is 1.11. The number of hydrogen-bond donors (Lipinski definition) is 2. The van der Waals surface area contributed by atoms with Crippen LogP contribution in [0.3, 0.4) is 0 Å². The molecule has 0 fully saturated rings. The van der Waals surface area contributed by atoms with Gasteiger partial charge >= 0.3 is 0 Å². The second-order valence-electron chi connectivity index (χ2n) is 5.90. The minimum Gasteiger partial charge on any atom is -0.340 e. The number of hydrogen-bond acceptors (Lipinski definition) is 5. The zero-order valence-electron chi connectivity index (χ0n) is 14.5. The molecule has 0 radical (unpaired) electrons. The quantitative estimate of drug-likeness (QED) is 0.722. The number of benzene rings is 2. The molecule has 0 bridgehead atoms. The molecule has 25 heavy (non-hydrogen) atoms. The van der Waals surface area contributed by atoms with E-state index < -0.39 is 0 Å². The van der Waals surface area contributed by atoms with Gasteiger partial charge in [0.1, 0.15) is 5.82 Å². The van der Waals surface area contributed by atoms with E-state index in [1.165, 1.54) is 11.1 Å². The van der Waals surface area contributed by atoms with E-state index in [1.54, 1.807) is 12.1 Å². The molecule has 0 aliphatic rings. The molecule has 2 aromatic carbocycles. The molecule has 5 heteroatoms. The van der Waals surface area contributed by atoms with Crippen LogP contribution < -0.4 is 10.6 Å². The molecule has 3 rings (SSSR count). The van der Waals surface area contributed by atoms with E-state index in [0.717, 1.165) is 22.9 Å². The van der Waals surface area contributed by atoms with Gasteiger partial charge in [-0.05, 0) is 62.2 Å². The first-order valence-corrected chi connectivity index (χ1v) is 8.01. The third-order valence-electron chi connectivity index (χ3n) is 3.99. The Morgan fingerprint density at radius 2 is 1.68 bits per heavy atom. The first kappa shape index (κ1) is 16.5. The van der Waals surface area contributed by atoms with Crippen LogP contribution in [0.1, 0.15) is 22.4 Å². The van der Waals surface area contributed by atoms with Gasteiger partial charge in [-0.15, -0.1) is 0 Å². The summed E-state index contributed by atoms with van der Waals surface area (Å²) in [5.74, 6) is 1.25. The number of aromatic nitrogens is 2. The average molecular weight is 329 g/mol. The van der Waals surface area contributed by atoms with Gasteiger partial charge in [0.15, 0.2) is 0 Å². The molecule has 1 aromatic heterocycles. The molecule has 1 heterocycles. The third-order valence-corrected chi connectivity index (χ3v) is 3.99. The molecule has 0 atom stereocenters. The van der Waals surface area contributed by atoms with Crippen molar-refractivity contribution in [2.24, 2.45) is 0 Å². The Morgan fingerprint density at radius 1 is 0.920 bits per heavy atom. The maximum Gasteiger partial charge on any atom is 0.229 e. The molecule has 5 nitrogen and oxygen atoms in total. The van der Waals surface area contributed by atoms with Gasteiger partial charge in [-0.25, -0.2) is 4.98 Å². The van der Waals surface area contributed by atoms with Crippen molar-refractivity contribution in [1.29, 1.82) is 5.26 Å². The fourth-order valence-corrected chi connectivity index (χ4v) is 2.47. The van der Waals surface area contributed by atoms with E-state index in [4.69, 9.17) is 5.26 Å². The van der Waals surface area contributed by atoms with Crippen LogP contribution in [-0.2, 0) is 0 Å². The van der Waals surface area contributed by atoms with Crippen molar-refractivity contribution >= 4 is 23.1 Å². The Kier molecular flexibility index (Phi) is 4.62. The van der Waals surface area contributed by atoms with Gasteiger partial charge < -0.3 is 10.6 Å². The van der Waals surface area contributed by atoms with E-state index in [2.05, 4.69) is 46.6 Å². The SMILES string of the molecule is Cc1cc(Nc2cccc(C)c2C)nc(Nc2ccc(C#N)cc2)n1. The molecular formula is C20H19N5. The summed E-state index contributed by atoms with van der Waals surface area (Å²) in [4.78, 5) is 8.97. The van der Waals surface area contributed by atoms with Gasteiger partial charge in [-0.1, -0.05) is 12.1 Å². The number of aryl methyl sites for hydroxylation is 2. The Balaban J connectivity index is 1.85. The normalized spacial score (nSPS) is 10.2. The predicted molar refractivity (Wildman–Crippen MR) is 100 cm³/mol. The molecule has 0 amide bonds. The van der Waals surface area contributed by atoms with Gasteiger partial charge in [0.25, 0.3) is 0 Å². The summed E-state index contributed by atoms with van der Waals surface area (Å²) in [6.07, 6.45) is 0. The smallest absolute Gasteiger partial charge is 0.229 e. The van der Waals surface area contributed by atoms with Crippen molar-refractivity contribution in [2.45, 2.75) is 20.8 Å². The van der Waals surface area contributed by atoms with E-state index in [9.17, 15) is 0 Å². The fourth-order valence-electron chi connectivity index (χ4n) is 2.47. The van der Waals surface area contributed by atoms with Crippen molar-refractivity contribution < 1.29 is 0 Å². The molecule has 0 spiro atoms. The Morgan fingerprint density at radius 3 is 2.40 bits per heavy atom. The summed E-state index contributed by atoms with van der Waals surface area (Å²) in [6, 6.07) is 17.3. The zero-order chi connectivity index (χ0) is 17.8. The second-order valence-corrected chi connectivity index (χ2v) is 5.90. The average Bonchev–Trinajstić information content (AvgIpc) is 2.59. The highest BCUT2D eigenvalue weighted by atomic mass is 15.1. The summed E-state index contributed by atoms with van der Waals surface area (Å²) in [7, 11) is 0. The van der Waals surface area contributed by atoms with E-state index in [1.807, 2.05) is 37.3 Å². The largest absolute Gasteiger partial charge is 0.340 e. The standard InChI is InChI=1S/C20H19N5/c1-13-5-4-6-18(15(13)3)24-19-11-14(2)22-20(25-19)23-17-9-7-16(12-21)8-10-17/h4-11H,1-3H3,(H2,22,23,24,25). The molecule has 0 unspecified atom stereocenters. The maximum absolute atomic E-state index is 8.87. The van der Waals surface area contributed by atoms with Crippen LogP contribution in [0.25, 0.3) is 0 Å². The van der Waals surface area contributed by atoms with Gasteiger partial charge in [0, 0.05) is 23.1 Å². The monoisotopic (exact) mass is 329 g/mol. The molecular weight excluding hydrogens is 310 g/mol. The molecule has 0 saturated heterocycles. The Hall–Kier alpha value is -3.39. The second kappa shape index (κ2) is 7.02. The highest BCUT2D eigenvalue weighted by molar-refractivity contribution is 5.64. The van der Waals surface area contributed by atoms with Crippen LogP contribution >= 0.6 is 0 Å². The molecule has 2 N–H and O–H groups in total. The lowest BCUT2D eigenvalue weighted by atomic mass is 10.1. The molecule has 0 aliphatic carbocycles. The summed E-state index contributed by atoms with van der Waals surface area (Å²) in [5, 5.41) is 15.4. The number of nitrogens with one attached hydrogen (secondary N) is 2. The third kappa shape index (κ3) is 3.93. The maximum atomic E-state index is 8.87. The topological polar surface area (TPSA) is 73.6 Å². The Labute approximate surface area is 147 Å². The number of nitrogens with zero attached hydrogens (tertiary/aromatic N) is 3. The van der Waals surface area contributed by atoms with Crippen LogP contribution in [0, 0.1) is 32.1 Å². The Bertz CT molecular complexity index is 939. The molecule has 0 aliphatic heterocycles. The van der Waals surface area contributed by atoms with Gasteiger partial charge in [-0.2, -0.15) is 10.2 Å². The van der Waals surface area contributed by atoms with Crippen LogP contribution in [0.15, 0.2) is 48.5 Å². The first-order chi connectivity index (χ1) is 12.0. The van der Waals surface area contributed by atoms with Crippen LogP contribution in [0.5, 0.6) is 0 Å². The van der Waals surface area contributed by atoms with Crippen LogP contribution in [-0.4, -0.2) is 9.97 Å². The number of rotatable bonds is 4. The van der Waals surface area contributed by atoms with Crippen molar-refractivity contribution in [1.82, 2.24) is 9.97 Å². The van der Waals surface area contributed by atoms with Crippen molar-refractivity contribution in [3.05, 3.63) is 70.9 Å². The number of nitriles is 1. The number of anilines is 4. The van der Waals surface area contributed by atoms with Gasteiger partial charge in [-0.3, -0.25) is 0 Å². The zero-order valence-corrected chi connectivity index (χ0v) is 14.5. The van der Waals surface area contributed by atoms with Gasteiger partial charge in [0.2, 0.25) is 5.95 Å². The first-order valence-electron chi connectivity index (χ1n) is 8.01. The lowest BCUT2D eigenvalue weighted by Crippen LogP contribution is -2.03. The van der Waals surface area contributed by atoms with Crippen LogP contribution in [0.2, 0.25) is 0 Å². The molecule has 0 saturated carbocycles. The van der Waals surface area contributed by atoms with Crippen molar-refractivity contribution in [3.8, 4) is 6.07 Å². The lowest BCUT2D eigenvalue weighted by Gasteiger charge is -2.13. The van der Waals surface area contributed by atoms with Crippen molar-refractivity contribution in [3.63, 3.8) is 0 Å².